The highest BCUT2D eigenvalue weighted by Crippen LogP contribution is 2.32. The minimum Gasteiger partial charge on any atom is -0.497 e. The van der Waals surface area contributed by atoms with E-state index in [9.17, 15) is 5.26 Å². The number of nitriles is 1. The summed E-state index contributed by atoms with van der Waals surface area (Å²) < 4.78 is 10.6. The van der Waals surface area contributed by atoms with Crippen molar-refractivity contribution in [2.24, 2.45) is 0 Å². The lowest BCUT2D eigenvalue weighted by Gasteiger charge is -2.31. The van der Waals surface area contributed by atoms with Gasteiger partial charge in [-0.3, -0.25) is 4.90 Å². The monoisotopic (exact) mass is 261 g/mol. The Bertz CT molecular complexity index is 464. The molecule has 0 saturated carbocycles. The van der Waals surface area contributed by atoms with Gasteiger partial charge in [0.2, 0.25) is 0 Å². The summed E-state index contributed by atoms with van der Waals surface area (Å²) in [5.41, 5.74) is 0.867. The summed E-state index contributed by atoms with van der Waals surface area (Å²) >= 11 is 0. The molecule has 1 fully saturated rings. The minimum absolute atomic E-state index is 0.299. The zero-order chi connectivity index (χ0) is 13.7. The van der Waals surface area contributed by atoms with Crippen LogP contribution in [-0.2, 0) is 0 Å². The smallest absolute Gasteiger partial charge is 0.127 e. The first kappa shape index (κ1) is 13.7. The highest BCUT2D eigenvalue weighted by Gasteiger charge is 2.25. The third-order valence-electron chi connectivity index (χ3n) is 3.37. The number of hydrogen-bond donors (Lipinski definition) is 1. The lowest BCUT2D eigenvalue weighted by atomic mass is 10.0. The Morgan fingerprint density at radius 1 is 1.26 bits per heavy atom. The number of ether oxygens (including phenoxy) is 2. The summed E-state index contributed by atoms with van der Waals surface area (Å²) in [6.45, 7) is 3.53. The molecule has 1 N–H and O–H groups in total. The van der Waals surface area contributed by atoms with E-state index in [0.717, 1.165) is 43.2 Å². The van der Waals surface area contributed by atoms with Gasteiger partial charge in [0.25, 0.3) is 0 Å². The first-order chi connectivity index (χ1) is 9.30. The fourth-order valence-corrected chi connectivity index (χ4v) is 2.34. The second-order valence-electron chi connectivity index (χ2n) is 4.43. The third kappa shape index (κ3) is 2.98. The van der Waals surface area contributed by atoms with Gasteiger partial charge in [0.1, 0.15) is 17.5 Å². The van der Waals surface area contributed by atoms with Crippen LogP contribution in [0.3, 0.4) is 0 Å². The van der Waals surface area contributed by atoms with Crippen LogP contribution in [0.25, 0.3) is 0 Å². The van der Waals surface area contributed by atoms with Crippen LogP contribution in [0.1, 0.15) is 11.6 Å². The van der Waals surface area contributed by atoms with Crippen molar-refractivity contribution in [1.82, 2.24) is 10.2 Å². The molecule has 0 spiro atoms. The Morgan fingerprint density at radius 2 is 2.00 bits per heavy atom. The Hall–Kier alpha value is -1.77. The molecule has 1 saturated heterocycles. The molecule has 0 amide bonds. The highest BCUT2D eigenvalue weighted by atomic mass is 16.5. The normalized spacial score (nSPS) is 17.5. The predicted molar refractivity (Wildman–Crippen MR) is 72.3 cm³/mol. The minimum atomic E-state index is -0.299. The predicted octanol–water partition coefficient (Wildman–Crippen LogP) is 1.17. The van der Waals surface area contributed by atoms with E-state index in [1.807, 2.05) is 18.2 Å². The molecular weight excluding hydrogens is 242 g/mol. The van der Waals surface area contributed by atoms with E-state index in [2.05, 4.69) is 16.3 Å². The van der Waals surface area contributed by atoms with Gasteiger partial charge in [0, 0.05) is 31.7 Å². The molecule has 5 nitrogen and oxygen atoms in total. The van der Waals surface area contributed by atoms with Crippen LogP contribution in [0, 0.1) is 11.3 Å². The fourth-order valence-electron chi connectivity index (χ4n) is 2.34. The lowest BCUT2D eigenvalue weighted by molar-refractivity contribution is 0.204. The molecule has 1 aromatic carbocycles. The molecule has 1 aliphatic rings. The third-order valence-corrected chi connectivity index (χ3v) is 3.37. The maximum absolute atomic E-state index is 9.51. The topological polar surface area (TPSA) is 57.5 Å². The molecule has 1 atom stereocenters. The molecule has 19 heavy (non-hydrogen) atoms. The van der Waals surface area contributed by atoms with Gasteiger partial charge in [-0.1, -0.05) is 0 Å². The van der Waals surface area contributed by atoms with Crippen molar-refractivity contribution in [1.29, 1.82) is 5.26 Å². The standard InChI is InChI=1S/C14H19N3O2/c1-18-11-3-4-14(19-2)12(9-11)13(10-15)17-7-5-16-6-8-17/h3-4,9,13,16H,5-8H2,1-2H3. The van der Waals surface area contributed by atoms with E-state index < -0.39 is 0 Å². The van der Waals surface area contributed by atoms with E-state index in [-0.39, 0.29) is 6.04 Å². The van der Waals surface area contributed by atoms with Gasteiger partial charge in [0.05, 0.1) is 20.3 Å². The van der Waals surface area contributed by atoms with Crippen molar-refractivity contribution >= 4 is 0 Å². The molecule has 0 aliphatic carbocycles. The zero-order valence-corrected chi connectivity index (χ0v) is 11.3. The summed E-state index contributed by atoms with van der Waals surface area (Å²) in [5.74, 6) is 1.47. The highest BCUT2D eigenvalue weighted by molar-refractivity contribution is 5.44. The molecule has 0 aromatic heterocycles. The second-order valence-corrected chi connectivity index (χ2v) is 4.43. The molecule has 1 heterocycles. The van der Waals surface area contributed by atoms with Crippen LogP contribution in [-0.4, -0.2) is 45.3 Å². The number of nitrogens with one attached hydrogen (secondary N) is 1. The molecule has 102 valence electrons. The summed E-state index contributed by atoms with van der Waals surface area (Å²) in [7, 11) is 3.25. The van der Waals surface area contributed by atoms with Crippen LogP contribution >= 0.6 is 0 Å². The van der Waals surface area contributed by atoms with Gasteiger partial charge >= 0.3 is 0 Å². The summed E-state index contributed by atoms with van der Waals surface area (Å²) in [4.78, 5) is 2.16. The van der Waals surface area contributed by atoms with Crippen LogP contribution < -0.4 is 14.8 Å². The summed E-state index contributed by atoms with van der Waals surface area (Å²) in [6.07, 6.45) is 0. The van der Waals surface area contributed by atoms with Gasteiger partial charge < -0.3 is 14.8 Å². The first-order valence-corrected chi connectivity index (χ1v) is 6.36. The van der Waals surface area contributed by atoms with E-state index in [1.54, 1.807) is 14.2 Å². The Balaban J connectivity index is 2.33. The number of benzene rings is 1. The van der Waals surface area contributed by atoms with Crippen molar-refractivity contribution in [2.75, 3.05) is 40.4 Å². The molecule has 0 radical (unpaired) electrons. The van der Waals surface area contributed by atoms with Gasteiger partial charge in [-0.25, -0.2) is 0 Å². The Kier molecular flexibility index (Phi) is 4.61. The number of piperazine rings is 1. The summed E-state index contributed by atoms with van der Waals surface area (Å²) in [6, 6.07) is 7.65. The maximum Gasteiger partial charge on any atom is 0.127 e. The quantitative estimate of drug-likeness (QED) is 0.882. The fraction of sp³-hybridized carbons (Fsp3) is 0.500. The first-order valence-electron chi connectivity index (χ1n) is 6.36. The molecule has 1 unspecified atom stereocenters. The summed E-state index contributed by atoms with van der Waals surface area (Å²) in [5, 5.41) is 12.8. The van der Waals surface area contributed by atoms with Gasteiger partial charge in [0.15, 0.2) is 0 Å². The molecule has 1 aromatic rings. The largest absolute Gasteiger partial charge is 0.497 e. The van der Waals surface area contributed by atoms with Crippen molar-refractivity contribution in [3.63, 3.8) is 0 Å². The molecule has 2 rings (SSSR count). The van der Waals surface area contributed by atoms with E-state index in [1.165, 1.54) is 0 Å². The van der Waals surface area contributed by atoms with Crippen LogP contribution in [0.4, 0.5) is 0 Å². The molecule has 0 bridgehead atoms. The van der Waals surface area contributed by atoms with E-state index >= 15 is 0 Å². The average molecular weight is 261 g/mol. The molecule has 1 aliphatic heterocycles. The van der Waals surface area contributed by atoms with Gasteiger partial charge in [-0.05, 0) is 18.2 Å². The van der Waals surface area contributed by atoms with Gasteiger partial charge in [-0.15, -0.1) is 0 Å². The molecule has 5 heteroatoms. The van der Waals surface area contributed by atoms with Crippen LogP contribution in [0.5, 0.6) is 11.5 Å². The maximum atomic E-state index is 9.51. The van der Waals surface area contributed by atoms with E-state index in [4.69, 9.17) is 9.47 Å². The van der Waals surface area contributed by atoms with Crippen LogP contribution in [0.15, 0.2) is 18.2 Å². The second kappa shape index (κ2) is 6.41. The number of nitrogens with zero attached hydrogens (tertiary/aromatic N) is 2. The SMILES string of the molecule is COc1ccc(OC)c(C(C#N)N2CCNCC2)c1. The van der Waals surface area contributed by atoms with Crippen molar-refractivity contribution < 1.29 is 9.47 Å². The number of rotatable bonds is 4. The number of hydrogen-bond acceptors (Lipinski definition) is 5. The Labute approximate surface area is 113 Å². The van der Waals surface area contributed by atoms with E-state index in [0.29, 0.717) is 0 Å². The van der Waals surface area contributed by atoms with Crippen molar-refractivity contribution in [2.45, 2.75) is 6.04 Å². The molecular formula is C14H19N3O2. The number of methoxy groups -OCH3 is 2. The lowest BCUT2D eigenvalue weighted by Crippen LogP contribution is -2.44. The van der Waals surface area contributed by atoms with Crippen LogP contribution in [0.2, 0.25) is 0 Å². The van der Waals surface area contributed by atoms with Gasteiger partial charge in [-0.2, -0.15) is 5.26 Å². The van der Waals surface area contributed by atoms with Crippen molar-refractivity contribution in [3.05, 3.63) is 23.8 Å². The average Bonchev–Trinajstić information content (AvgIpc) is 2.49. The Morgan fingerprint density at radius 3 is 2.58 bits per heavy atom. The van der Waals surface area contributed by atoms with Crippen molar-refractivity contribution in [3.8, 4) is 17.6 Å². The zero-order valence-electron chi connectivity index (χ0n) is 11.3.